The Bertz CT molecular complexity index is 931. The highest BCUT2D eigenvalue weighted by Crippen LogP contribution is 2.34. The van der Waals surface area contributed by atoms with Gasteiger partial charge in [0.05, 0.1) is 5.56 Å². The lowest BCUT2D eigenvalue weighted by Crippen LogP contribution is -2.44. The van der Waals surface area contributed by atoms with Crippen molar-refractivity contribution < 1.29 is 27.1 Å². The molecule has 2 aromatic carbocycles. The van der Waals surface area contributed by atoms with Crippen LogP contribution in [0.1, 0.15) is 11.1 Å². The van der Waals surface area contributed by atoms with Crippen LogP contribution >= 0.6 is 15.9 Å². The molecule has 10 heteroatoms. The number of alkyl halides is 3. The van der Waals surface area contributed by atoms with Crippen LogP contribution in [0.15, 0.2) is 40.9 Å². The molecule has 3 rings (SSSR count). The Balaban J connectivity index is 1.66. The van der Waals surface area contributed by atoms with E-state index >= 15 is 0 Å². The minimum Gasteiger partial charge on any atom is -0.481 e. The van der Waals surface area contributed by atoms with Crippen molar-refractivity contribution in [3.05, 3.63) is 57.8 Å². The van der Waals surface area contributed by atoms with E-state index < -0.39 is 30.1 Å². The van der Waals surface area contributed by atoms with Crippen LogP contribution in [0, 0.1) is 5.82 Å². The van der Waals surface area contributed by atoms with Crippen molar-refractivity contribution in [3.63, 3.8) is 0 Å². The minimum absolute atomic E-state index is 0.000620. The molecular weight excluding hydrogens is 482 g/mol. The van der Waals surface area contributed by atoms with Crippen LogP contribution in [0.25, 0.3) is 0 Å². The molecule has 0 spiro atoms. The summed E-state index contributed by atoms with van der Waals surface area (Å²) in [6.45, 7) is 2.63. The van der Waals surface area contributed by atoms with Crippen LogP contribution in [-0.4, -0.2) is 55.5 Å². The van der Waals surface area contributed by atoms with Crippen molar-refractivity contribution in [2.45, 2.75) is 12.7 Å². The third-order valence-corrected chi connectivity index (χ3v) is 5.43. The monoisotopic (exact) mass is 503 g/mol. The summed E-state index contributed by atoms with van der Waals surface area (Å²) in [5.74, 6) is -1.48. The number of amides is 1. The minimum atomic E-state index is -4.56. The third kappa shape index (κ3) is 6.65. The summed E-state index contributed by atoms with van der Waals surface area (Å²) >= 11 is 3.11. The van der Waals surface area contributed by atoms with E-state index in [2.05, 4.69) is 26.1 Å². The van der Waals surface area contributed by atoms with Crippen molar-refractivity contribution in [1.29, 1.82) is 0 Å². The van der Waals surface area contributed by atoms with E-state index in [1.165, 1.54) is 24.3 Å². The summed E-state index contributed by atoms with van der Waals surface area (Å²) in [5.41, 5.74) is -0.633. The number of ether oxygens (including phenoxy) is 1. The van der Waals surface area contributed by atoms with Gasteiger partial charge in [-0.25, -0.2) is 4.39 Å². The molecule has 1 saturated heterocycles. The first-order valence-corrected chi connectivity index (χ1v) is 10.4. The van der Waals surface area contributed by atoms with Crippen LogP contribution in [0.4, 0.5) is 23.2 Å². The van der Waals surface area contributed by atoms with Crippen molar-refractivity contribution in [1.82, 2.24) is 9.80 Å². The highest BCUT2D eigenvalue weighted by Gasteiger charge is 2.34. The number of nitrogens with zero attached hydrogens (tertiary/aromatic N) is 2. The highest BCUT2D eigenvalue weighted by molar-refractivity contribution is 9.10. The van der Waals surface area contributed by atoms with Gasteiger partial charge in [-0.15, -0.1) is 0 Å². The number of halogens is 5. The number of piperazine rings is 1. The zero-order chi connectivity index (χ0) is 22.6. The molecule has 0 radical (unpaired) electrons. The summed E-state index contributed by atoms with van der Waals surface area (Å²) < 4.78 is 60.2. The number of nitrogens with one attached hydrogen (secondary N) is 1. The summed E-state index contributed by atoms with van der Waals surface area (Å²) in [4.78, 5) is 16.2. The second-order valence-electron chi connectivity index (χ2n) is 7.36. The molecule has 0 atom stereocenters. The van der Waals surface area contributed by atoms with Gasteiger partial charge in [-0.3, -0.25) is 9.69 Å². The van der Waals surface area contributed by atoms with E-state index in [9.17, 15) is 22.4 Å². The largest absolute Gasteiger partial charge is 0.481 e. The van der Waals surface area contributed by atoms with Gasteiger partial charge in [0.25, 0.3) is 5.91 Å². The highest BCUT2D eigenvalue weighted by atomic mass is 79.9. The van der Waals surface area contributed by atoms with E-state index in [-0.39, 0.29) is 23.5 Å². The number of hydrogen-bond acceptors (Lipinski definition) is 4. The van der Waals surface area contributed by atoms with Gasteiger partial charge in [0.15, 0.2) is 18.2 Å². The quantitative estimate of drug-likeness (QED) is 0.594. The molecule has 1 aliphatic rings. The maximum absolute atomic E-state index is 13.8. The van der Waals surface area contributed by atoms with Crippen molar-refractivity contribution in [3.8, 4) is 5.75 Å². The molecule has 5 nitrogen and oxygen atoms in total. The lowest BCUT2D eigenvalue weighted by Gasteiger charge is -2.33. The van der Waals surface area contributed by atoms with Crippen LogP contribution in [0.3, 0.4) is 0 Å². The van der Waals surface area contributed by atoms with Gasteiger partial charge < -0.3 is 15.0 Å². The van der Waals surface area contributed by atoms with Crippen molar-refractivity contribution >= 4 is 27.5 Å². The third-order valence-electron chi connectivity index (χ3n) is 4.94. The summed E-state index contributed by atoms with van der Waals surface area (Å²) in [7, 11) is 1.98. The molecule has 1 N–H and O–H groups in total. The van der Waals surface area contributed by atoms with Gasteiger partial charge >= 0.3 is 6.18 Å². The van der Waals surface area contributed by atoms with Gasteiger partial charge in [0.1, 0.15) is 0 Å². The van der Waals surface area contributed by atoms with Gasteiger partial charge in [-0.05, 0) is 42.9 Å². The number of carbonyl (C=O) groups excluding carboxylic acids is 1. The SMILES string of the molecule is CN1CCN(Cc2ccc(NC(=O)COc3ccc(Br)cc3F)cc2C(F)(F)F)CC1. The number of anilines is 1. The molecular formula is C21H22BrF4N3O2. The zero-order valence-corrected chi connectivity index (χ0v) is 18.4. The van der Waals surface area contributed by atoms with Crippen molar-refractivity contribution in [2.75, 3.05) is 45.2 Å². The molecule has 168 valence electrons. The molecule has 1 fully saturated rings. The lowest BCUT2D eigenvalue weighted by molar-refractivity contribution is -0.138. The van der Waals surface area contributed by atoms with E-state index in [0.29, 0.717) is 17.6 Å². The fourth-order valence-corrected chi connectivity index (χ4v) is 3.57. The van der Waals surface area contributed by atoms with Gasteiger partial charge in [0.2, 0.25) is 0 Å². The first-order chi connectivity index (χ1) is 14.6. The molecule has 0 bridgehead atoms. The maximum Gasteiger partial charge on any atom is 0.416 e. The second kappa shape index (κ2) is 9.97. The number of carbonyl (C=O) groups is 1. The topological polar surface area (TPSA) is 44.8 Å². The average molecular weight is 504 g/mol. The number of hydrogen-bond donors (Lipinski definition) is 1. The Hall–Kier alpha value is -2.17. The standard InChI is InChI=1S/C21H22BrF4N3O2/c1-28-6-8-29(9-7-28)12-14-2-4-16(11-17(14)21(24,25)26)27-20(30)13-31-19-5-3-15(22)10-18(19)23/h2-5,10-11H,6-9,12-13H2,1H3,(H,27,30). The summed E-state index contributed by atoms with van der Waals surface area (Å²) in [6.07, 6.45) is -4.56. The van der Waals surface area contributed by atoms with Gasteiger partial charge in [-0.2, -0.15) is 13.2 Å². The molecule has 1 amide bonds. The Morgan fingerprint density at radius 2 is 1.84 bits per heavy atom. The molecule has 1 aliphatic heterocycles. The Kier molecular flexibility index (Phi) is 7.55. The van der Waals surface area contributed by atoms with E-state index in [1.807, 2.05) is 11.9 Å². The number of likely N-dealkylation sites (N-methyl/N-ethyl adjacent to an activating group) is 1. The molecule has 0 unspecified atom stereocenters. The maximum atomic E-state index is 13.8. The Labute approximate surface area is 186 Å². The summed E-state index contributed by atoms with van der Waals surface area (Å²) in [5, 5.41) is 2.38. The molecule has 0 aliphatic carbocycles. The molecule has 0 saturated carbocycles. The lowest BCUT2D eigenvalue weighted by atomic mass is 10.0. The average Bonchev–Trinajstić information content (AvgIpc) is 2.69. The fraction of sp³-hybridized carbons (Fsp3) is 0.381. The van der Waals surface area contributed by atoms with E-state index in [4.69, 9.17) is 4.74 Å². The van der Waals surface area contributed by atoms with Gasteiger partial charge in [0, 0.05) is 42.9 Å². The Morgan fingerprint density at radius 1 is 1.13 bits per heavy atom. The molecule has 31 heavy (non-hydrogen) atoms. The molecule has 2 aromatic rings. The predicted octanol–water partition coefficient (Wildman–Crippen LogP) is 4.37. The van der Waals surface area contributed by atoms with Crippen LogP contribution < -0.4 is 10.1 Å². The zero-order valence-electron chi connectivity index (χ0n) is 16.8. The molecule has 0 aromatic heterocycles. The van der Waals surface area contributed by atoms with E-state index in [1.54, 1.807) is 6.07 Å². The predicted molar refractivity (Wildman–Crippen MR) is 112 cm³/mol. The fourth-order valence-electron chi connectivity index (χ4n) is 3.24. The smallest absolute Gasteiger partial charge is 0.416 e. The second-order valence-corrected chi connectivity index (χ2v) is 8.28. The number of rotatable bonds is 6. The first-order valence-electron chi connectivity index (χ1n) is 9.60. The normalized spacial score (nSPS) is 15.7. The van der Waals surface area contributed by atoms with Crippen molar-refractivity contribution in [2.24, 2.45) is 0 Å². The van der Waals surface area contributed by atoms with E-state index in [0.717, 1.165) is 19.2 Å². The number of benzene rings is 2. The Morgan fingerprint density at radius 3 is 2.48 bits per heavy atom. The van der Waals surface area contributed by atoms with Crippen LogP contribution in [0.2, 0.25) is 0 Å². The first kappa shape index (κ1) is 23.5. The summed E-state index contributed by atoms with van der Waals surface area (Å²) in [6, 6.07) is 7.81. The van der Waals surface area contributed by atoms with Gasteiger partial charge in [-0.1, -0.05) is 22.0 Å². The van der Waals surface area contributed by atoms with Crippen LogP contribution in [-0.2, 0) is 17.5 Å². The van der Waals surface area contributed by atoms with Crippen LogP contribution in [0.5, 0.6) is 5.75 Å². The molecule has 1 heterocycles.